The minimum absolute atomic E-state index is 1.08. The summed E-state index contributed by atoms with van der Waals surface area (Å²) >= 11 is 0. The van der Waals surface area contributed by atoms with Crippen LogP contribution in [0.1, 0.15) is 0 Å². The average molecular weight is 867 g/mol. The summed E-state index contributed by atoms with van der Waals surface area (Å²) in [4.78, 5) is 2.42. The predicted molar refractivity (Wildman–Crippen MR) is 287 cm³/mol. The Labute approximate surface area is 393 Å². The fourth-order valence-electron chi connectivity index (χ4n) is 11.1. The van der Waals surface area contributed by atoms with Crippen LogP contribution in [-0.2, 0) is 0 Å². The maximum Gasteiger partial charge on any atom is 0.0541 e. The van der Waals surface area contributed by atoms with Crippen LogP contribution in [0.2, 0.25) is 0 Å². The average Bonchev–Trinajstić information content (AvgIpc) is 4.05. The molecule has 0 saturated carbocycles. The standard InChI is InChI=1S/C64H42N4/c1-2-16-44(17-3-1)66-62-29-15-10-24-56(62)57-42-43(30-40-64(57)66)49-39-41-63(51-19-5-4-18-50(49)51)65(45-31-35-47(36-32-45)67-58-25-11-6-20-52(58)53-21-7-12-26-59(53)67)46-33-37-48(38-34-46)68-60-27-13-8-22-54(60)55-23-9-14-28-61(55)68/h1-42H. The molecule has 14 aromatic rings. The highest BCUT2D eigenvalue weighted by molar-refractivity contribution is 6.13. The molecular weight excluding hydrogens is 825 g/mol. The fraction of sp³-hybridized carbons (Fsp3) is 0. The second-order valence-electron chi connectivity index (χ2n) is 17.7. The lowest BCUT2D eigenvalue weighted by molar-refractivity contribution is 1.17. The van der Waals surface area contributed by atoms with Crippen LogP contribution in [-0.4, -0.2) is 13.7 Å². The lowest BCUT2D eigenvalue weighted by atomic mass is 9.95. The number of fused-ring (bicyclic) bond motifs is 10. The van der Waals surface area contributed by atoms with Crippen LogP contribution in [0, 0.1) is 0 Å². The molecule has 0 saturated heterocycles. The Kier molecular flexibility index (Phi) is 8.55. The van der Waals surface area contributed by atoms with Gasteiger partial charge in [-0.3, -0.25) is 0 Å². The molecular formula is C64H42N4. The first-order valence-corrected chi connectivity index (χ1v) is 23.3. The van der Waals surface area contributed by atoms with Crippen molar-refractivity contribution in [3.05, 3.63) is 255 Å². The SMILES string of the molecule is c1ccc(-n2c3ccccc3c3cc(-c4ccc(N(c5ccc(-n6c7ccccc7c7ccccc76)cc5)c5ccc(-n6c7ccccc7c7ccccc76)cc5)c5ccccc45)ccc32)cc1. The minimum Gasteiger partial charge on any atom is -0.310 e. The highest BCUT2D eigenvalue weighted by Crippen LogP contribution is 2.44. The van der Waals surface area contributed by atoms with Crippen LogP contribution in [0.5, 0.6) is 0 Å². The van der Waals surface area contributed by atoms with Gasteiger partial charge in [-0.1, -0.05) is 146 Å². The van der Waals surface area contributed by atoms with E-state index in [1.807, 2.05) is 0 Å². The Balaban J connectivity index is 0.939. The van der Waals surface area contributed by atoms with Gasteiger partial charge in [0.1, 0.15) is 0 Å². The molecule has 0 amide bonds. The summed E-state index contributed by atoms with van der Waals surface area (Å²) in [6.07, 6.45) is 0. The molecule has 0 N–H and O–H groups in total. The van der Waals surface area contributed by atoms with Gasteiger partial charge in [0.2, 0.25) is 0 Å². The van der Waals surface area contributed by atoms with E-state index in [1.165, 1.54) is 87.3 Å². The van der Waals surface area contributed by atoms with E-state index in [9.17, 15) is 0 Å². The molecule has 68 heavy (non-hydrogen) atoms. The van der Waals surface area contributed by atoms with Gasteiger partial charge in [0.25, 0.3) is 0 Å². The highest BCUT2D eigenvalue weighted by atomic mass is 15.1. The van der Waals surface area contributed by atoms with Crippen LogP contribution in [0.25, 0.3) is 104 Å². The first-order valence-electron chi connectivity index (χ1n) is 23.3. The van der Waals surface area contributed by atoms with Gasteiger partial charge in [-0.25, -0.2) is 0 Å². The smallest absolute Gasteiger partial charge is 0.0541 e. The van der Waals surface area contributed by atoms with Crippen LogP contribution in [0.4, 0.5) is 17.1 Å². The van der Waals surface area contributed by atoms with Gasteiger partial charge in [-0.05, 0) is 126 Å². The monoisotopic (exact) mass is 866 g/mol. The Hall–Kier alpha value is -9.12. The van der Waals surface area contributed by atoms with Crippen molar-refractivity contribution in [3.63, 3.8) is 0 Å². The zero-order valence-electron chi connectivity index (χ0n) is 37.0. The molecule has 4 nitrogen and oxygen atoms in total. The van der Waals surface area contributed by atoms with E-state index >= 15 is 0 Å². The first kappa shape index (κ1) is 38.2. The maximum absolute atomic E-state index is 2.42. The summed E-state index contributed by atoms with van der Waals surface area (Å²) in [6, 6.07) is 93.0. The van der Waals surface area contributed by atoms with Crippen molar-refractivity contribution in [3.8, 4) is 28.2 Å². The third-order valence-corrected chi connectivity index (χ3v) is 14.0. The molecule has 4 heteroatoms. The van der Waals surface area contributed by atoms with E-state index in [1.54, 1.807) is 0 Å². The number of hydrogen-bond acceptors (Lipinski definition) is 1. The lowest BCUT2D eigenvalue weighted by Crippen LogP contribution is -2.11. The summed E-state index contributed by atoms with van der Waals surface area (Å²) < 4.78 is 7.15. The van der Waals surface area contributed by atoms with E-state index in [2.05, 4.69) is 273 Å². The van der Waals surface area contributed by atoms with Crippen LogP contribution in [0.15, 0.2) is 255 Å². The van der Waals surface area contributed by atoms with Gasteiger partial charge in [-0.15, -0.1) is 0 Å². The molecule has 0 fully saturated rings. The Morgan fingerprint density at radius 2 is 0.588 bits per heavy atom. The predicted octanol–water partition coefficient (Wildman–Crippen LogP) is 17.3. The maximum atomic E-state index is 2.42. The van der Waals surface area contributed by atoms with E-state index in [-0.39, 0.29) is 0 Å². The number of benzene rings is 11. The summed E-state index contributed by atoms with van der Waals surface area (Å²) in [7, 11) is 0. The Bertz CT molecular complexity index is 3980. The minimum atomic E-state index is 1.08. The summed E-state index contributed by atoms with van der Waals surface area (Å²) in [6.45, 7) is 0. The largest absolute Gasteiger partial charge is 0.310 e. The zero-order valence-corrected chi connectivity index (χ0v) is 37.0. The molecule has 0 radical (unpaired) electrons. The second-order valence-corrected chi connectivity index (χ2v) is 17.7. The fourth-order valence-corrected chi connectivity index (χ4v) is 11.1. The van der Waals surface area contributed by atoms with Crippen molar-refractivity contribution in [1.82, 2.24) is 13.7 Å². The summed E-state index contributed by atoms with van der Waals surface area (Å²) in [5, 5.41) is 9.88. The molecule has 0 bridgehead atoms. The molecule has 0 spiro atoms. The van der Waals surface area contributed by atoms with E-state index < -0.39 is 0 Å². The van der Waals surface area contributed by atoms with Crippen LogP contribution < -0.4 is 4.90 Å². The van der Waals surface area contributed by atoms with Crippen molar-refractivity contribution in [2.75, 3.05) is 4.90 Å². The van der Waals surface area contributed by atoms with Gasteiger partial charge >= 0.3 is 0 Å². The quantitative estimate of drug-likeness (QED) is 0.156. The molecule has 0 atom stereocenters. The van der Waals surface area contributed by atoms with Gasteiger partial charge in [-0.2, -0.15) is 0 Å². The highest BCUT2D eigenvalue weighted by Gasteiger charge is 2.21. The normalized spacial score (nSPS) is 11.8. The van der Waals surface area contributed by atoms with Crippen molar-refractivity contribution in [1.29, 1.82) is 0 Å². The number of hydrogen-bond donors (Lipinski definition) is 0. The molecule has 0 aliphatic carbocycles. The second kappa shape index (κ2) is 15.2. The molecule has 14 rings (SSSR count). The van der Waals surface area contributed by atoms with Crippen LogP contribution in [0.3, 0.4) is 0 Å². The Morgan fingerprint density at radius 3 is 1.04 bits per heavy atom. The van der Waals surface area contributed by atoms with Gasteiger partial charge in [0.15, 0.2) is 0 Å². The van der Waals surface area contributed by atoms with Crippen molar-refractivity contribution in [2.45, 2.75) is 0 Å². The molecule has 0 aliphatic heterocycles. The van der Waals surface area contributed by atoms with Crippen LogP contribution >= 0.6 is 0 Å². The number of aromatic nitrogens is 3. The molecule has 3 aromatic heterocycles. The molecule has 11 aromatic carbocycles. The number of para-hydroxylation sites is 6. The van der Waals surface area contributed by atoms with Gasteiger partial charge < -0.3 is 18.6 Å². The molecule has 3 heterocycles. The van der Waals surface area contributed by atoms with Gasteiger partial charge in [0, 0.05) is 66.1 Å². The first-order chi connectivity index (χ1) is 33.8. The third-order valence-electron chi connectivity index (χ3n) is 14.0. The van der Waals surface area contributed by atoms with Gasteiger partial charge in [0.05, 0.1) is 38.8 Å². The molecule has 0 aliphatic rings. The number of rotatable bonds is 7. The summed E-state index contributed by atoms with van der Waals surface area (Å²) in [5.74, 6) is 0. The number of nitrogens with zero attached hydrogens (tertiary/aromatic N) is 4. The molecule has 0 unspecified atom stereocenters. The zero-order chi connectivity index (χ0) is 44.7. The Morgan fingerprint density at radius 1 is 0.235 bits per heavy atom. The van der Waals surface area contributed by atoms with Crippen molar-refractivity contribution >= 4 is 93.3 Å². The summed E-state index contributed by atoms with van der Waals surface area (Å²) in [5.41, 5.74) is 16.2. The number of anilines is 3. The van der Waals surface area contributed by atoms with Crippen molar-refractivity contribution < 1.29 is 0 Å². The van der Waals surface area contributed by atoms with Crippen molar-refractivity contribution in [2.24, 2.45) is 0 Å². The van der Waals surface area contributed by atoms with E-state index in [4.69, 9.17) is 0 Å². The lowest BCUT2D eigenvalue weighted by Gasteiger charge is -2.28. The molecule has 318 valence electrons. The topological polar surface area (TPSA) is 18.0 Å². The van der Waals surface area contributed by atoms with E-state index in [0.717, 1.165) is 34.1 Å². The third kappa shape index (κ3) is 5.81. The van der Waals surface area contributed by atoms with E-state index in [0.29, 0.717) is 0 Å².